The Kier molecular flexibility index (Phi) is 11.1. The fourth-order valence-corrected chi connectivity index (χ4v) is 6.37. The molecule has 0 aliphatic carbocycles. The molecule has 1 aliphatic heterocycles. The zero-order valence-electron chi connectivity index (χ0n) is 25.4. The van der Waals surface area contributed by atoms with Crippen LogP contribution >= 0.6 is 0 Å². The molecular formula is C31H35F3N6O6S. The van der Waals surface area contributed by atoms with Crippen LogP contribution in [-0.4, -0.2) is 97.0 Å². The number of nitrogens with zero attached hydrogens (tertiary/aromatic N) is 1. The number of halogens is 3. The summed E-state index contributed by atoms with van der Waals surface area (Å²) in [6, 6.07) is 10.3. The first kappa shape index (κ1) is 35.1. The second kappa shape index (κ2) is 14.8. The number of H-pyrrole nitrogens is 1. The maximum atomic E-state index is 13.4. The standard InChI is InChI=1S/C31H35F3N6O6S/c1-2-26(41)39-25(15-19-6-5-7-20(14-19)29(35)40-10-12-47(45,46)13-11-40)30(44)37-18-27(42)38-24(28(43)31(32,33)34)16-21-17-36-23-9-4-3-8-22(21)23/h3-9,14,17,24-25,35-36H,2,10-13,15-16,18H2,1H3,(H,37,44)(H,38,42)(H,39,41). The summed E-state index contributed by atoms with van der Waals surface area (Å²) in [6.45, 7) is 1.14. The molecule has 0 bridgehead atoms. The van der Waals surface area contributed by atoms with Gasteiger partial charge in [-0.2, -0.15) is 13.2 Å². The molecule has 3 aromatic rings. The number of Topliss-reactive ketones (excluding diaryl/α,β-unsaturated/α-hetero) is 1. The first-order valence-electron chi connectivity index (χ1n) is 14.8. The summed E-state index contributed by atoms with van der Waals surface area (Å²) in [7, 11) is -3.15. The highest BCUT2D eigenvalue weighted by Crippen LogP contribution is 2.23. The van der Waals surface area contributed by atoms with Gasteiger partial charge in [0.05, 0.1) is 18.1 Å². The molecule has 2 aromatic carbocycles. The third-order valence-electron chi connectivity index (χ3n) is 7.73. The number of alkyl halides is 3. The van der Waals surface area contributed by atoms with Gasteiger partial charge in [-0.1, -0.05) is 43.3 Å². The lowest BCUT2D eigenvalue weighted by Crippen LogP contribution is -2.53. The van der Waals surface area contributed by atoms with Gasteiger partial charge < -0.3 is 25.8 Å². The van der Waals surface area contributed by atoms with Crippen LogP contribution in [0.25, 0.3) is 10.9 Å². The van der Waals surface area contributed by atoms with Crippen molar-refractivity contribution in [1.82, 2.24) is 25.8 Å². The van der Waals surface area contributed by atoms with Crippen LogP contribution in [0.5, 0.6) is 0 Å². The Bertz CT molecular complexity index is 1760. The van der Waals surface area contributed by atoms with Gasteiger partial charge >= 0.3 is 6.18 Å². The molecule has 2 atom stereocenters. The zero-order valence-corrected chi connectivity index (χ0v) is 26.3. The summed E-state index contributed by atoms with van der Waals surface area (Å²) < 4.78 is 63.8. The topological polar surface area (TPSA) is 181 Å². The number of amidine groups is 1. The predicted octanol–water partition coefficient (Wildman–Crippen LogP) is 1.64. The molecule has 0 saturated carbocycles. The molecule has 0 radical (unpaired) electrons. The van der Waals surface area contributed by atoms with Gasteiger partial charge in [-0.15, -0.1) is 0 Å². The highest BCUT2D eigenvalue weighted by atomic mass is 32.2. The van der Waals surface area contributed by atoms with Gasteiger partial charge in [-0.3, -0.25) is 24.6 Å². The first-order valence-corrected chi connectivity index (χ1v) is 16.6. The minimum absolute atomic E-state index is 0.0435. The number of fused-ring (bicyclic) bond motifs is 1. The van der Waals surface area contributed by atoms with E-state index in [9.17, 15) is 40.8 Å². The molecule has 2 heterocycles. The van der Waals surface area contributed by atoms with Crippen molar-refractivity contribution in [1.29, 1.82) is 5.41 Å². The number of rotatable bonds is 12. The van der Waals surface area contributed by atoms with Crippen molar-refractivity contribution in [3.8, 4) is 0 Å². The largest absolute Gasteiger partial charge is 0.452 e. The molecule has 2 unspecified atom stereocenters. The monoisotopic (exact) mass is 676 g/mol. The van der Waals surface area contributed by atoms with Crippen LogP contribution in [0.15, 0.2) is 54.7 Å². The molecule has 252 valence electrons. The van der Waals surface area contributed by atoms with Gasteiger partial charge in [0.25, 0.3) is 5.78 Å². The van der Waals surface area contributed by atoms with E-state index in [1.165, 1.54) is 6.20 Å². The number of nitrogens with one attached hydrogen (secondary N) is 5. The normalized spacial score (nSPS) is 15.8. The highest BCUT2D eigenvalue weighted by molar-refractivity contribution is 7.91. The fourth-order valence-electron chi connectivity index (χ4n) is 5.17. The van der Waals surface area contributed by atoms with Gasteiger partial charge in [0, 0.05) is 55.0 Å². The van der Waals surface area contributed by atoms with E-state index in [0.717, 1.165) is 0 Å². The van der Waals surface area contributed by atoms with E-state index in [1.807, 2.05) is 0 Å². The van der Waals surface area contributed by atoms with Gasteiger partial charge in [0.1, 0.15) is 17.9 Å². The Morgan fingerprint density at radius 1 is 0.957 bits per heavy atom. The molecule has 5 N–H and O–H groups in total. The second-order valence-corrected chi connectivity index (χ2v) is 13.4. The Balaban J connectivity index is 1.42. The van der Waals surface area contributed by atoms with Crippen LogP contribution in [0.3, 0.4) is 0 Å². The number of para-hydroxylation sites is 1. The molecule has 16 heteroatoms. The Hall–Kier alpha value is -4.73. The number of hydrogen-bond donors (Lipinski definition) is 5. The predicted molar refractivity (Wildman–Crippen MR) is 167 cm³/mol. The Labute approximate surface area is 268 Å². The van der Waals surface area contributed by atoms with E-state index >= 15 is 0 Å². The van der Waals surface area contributed by atoms with Crippen LogP contribution in [0, 0.1) is 5.41 Å². The number of carbonyl (C=O) groups is 4. The molecular weight excluding hydrogens is 641 g/mol. The minimum atomic E-state index is -5.22. The molecule has 1 saturated heterocycles. The van der Waals surface area contributed by atoms with E-state index < -0.39 is 64.6 Å². The van der Waals surface area contributed by atoms with Gasteiger partial charge in [0.2, 0.25) is 17.7 Å². The van der Waals surface area contributed by atoms with Crippen molar-refractivity contribution < 1.29 is 40.8 Å². The second-order valence-electron chi connectivity index (χ2n) is 11.1. The molecule has 1 aromatic heterocycles. The van der Waals surface area contributed by atoms with E-state index in [1.54, 1.807) is 60.4 Å². The van der Waals surface area contributed by atoms with E-state index in [-0.39, 0.29) is 43.3 Å². The summed E-state index contributed by atoms with van der Waals surface area (Å²) in [6.07, 6.45) is -4.22. The lowest BCUT2D eigenvalue weighted by atomic mass is 10.0. The van der Waals surface area contributed by atoms with E-state index in [4.69, 9.17) is 5.41 Å². The zero-order chi connectivity index (χ0) is 34.4. The number of ketones is 1. The molecule has 1 fully saturated rings. The van der Waals surface area contributed by atoms with Crippen LogP contribution in [0.1, 0.15) is 30.0 Å². The van der Waals surface area contributed by atoms with Crippen LogP contribution in [-0.2, 0) is 41.9 Å². The van der Waals surface area contributed by atoms with Gasteiger partial charge in [-0.25, -0.2) is 8.42 Å². The highest BCUT2D eigenvalue weighted by Gasteiger charge is 2.44. The summed E-state index contributed by atoms with van der Waals surface area (Å²) in [5.74, 6) is -4.48. The van der Waals surface area contributed by atoms with Crippen LogP contribution < -0.4 is 16.0 Å². The molecule has 3 amide bonds. The SMILES string of the molecule is CCC(=O)NC(Cc1cccc(C(=N)N2CCS(=O)(=O)CC2)c1)C(=O)NCC(=O)NC(Cc1c[nH]c2ccccc12)C(=O)C(F)(F)F. The summed E-state index contributed by atoms with van der Waals surface area (Å²) in [5, 5.41) is 16.1. The van der Waals surface area contributed by atoms with Crippen molar-refractivity contribution in [3.63, 3.8) is 0 Å². The molecule has 12 nitrogen and oxygen atoms in total. The Morgan fingerprint density at radius 2 is 1.64 bits per heavy atom. The maximum absolute atomic E-state index is 13.4. The number of hydrogen-bond acceptors (Lipinski definition) is 7. The number of aromatic amines is 1. The van der Waals surface area contributed by atoms with Crippen molar-refractivity contribution in [2.24, 2.45) is 0 Å². The number of sulfone groups is 1. The van der Waals surface area contributed by atoms with Crippen LogP contribution in [0.2, 0.25) is 0 Å². The molecule has 4 rings (SSSR count). The van der Waals surface area contributed by atoms with Gasteiger partial charge in [0.15, 0.2) is 9.84 Å². The smallest absolute Gasteiger partial charge is 0.361 e. The molecule has 47 heavy (non-hydrogen) atoms. The third kappa shape index (κ3) is 9.40. The minimum Gasteiger partial charge on any atom is -0.361 e. The lowest BCUT2D eigenvalue weighted by molar-refractivity contribution is -0.173. The summed E-state index contributed by atoms with van der Waals surface area (Å²) in [4.78, 5) is 54.9. The molecule has 0 spiro atoms. The molecule has 1 aliphatic rings. The summed E-state index contributed by atoms with van der Waals surface area (Å²) >= 11 is 0. The summed E-state index contributed by atoms with van der Waals surface area (Å²) in [5.41, 5.74) is 2.05. The average molecular weight is 677 g/mol. The maximum Gasteiger partial charge on any atom is 0.452 e. The van der Waals surface area contributed by atoms with Crippen molar-refractivity contribution >= 4 is 50.1 Å². The quantitative estimate of drug-likeness (QED) is 0.143. The van der Waals surface area contributed by atoms with Gasteiger partial charge in [-0.05, 0) is 23.3 Å². The fraction of sp³-hybridized carbons (Fsp3) is 0.387. The van der Waals surface area contributed by atoms with Crippen LogP contribution in [0.4, 0.5) is 13.2 Å². The average Bonchev–Trinajstić information content (AvgIpc) is 3.44. The van der Waals surface area contributed by atoms with E-state index in [0.29, 0.717) is 27.6 Å². The van der Waals surface area contributed by atoms with Crippen molar-refractivity contribution in [3.05, 3.63) is 71.4 Å². The number of amides is 3. The first-order chi connectivity index (χ1) is 22.2. The lowest BCUT2D eigenvalue weighted by Gasteiger charge is -2.29. The van der Waals surface area contributed by atoms with Crippen molar-refractivity contribution in [2.75, 3.05) is 31.1 Å². The Morgan fingerprint density at radius 3 is 2.32 bits per heavy atom. The third-order valence-corrected chi connectivity index (χ3v) is 9.34. The van der Waals surface area contributed by atoms with E-state index in [2.05, 4.69) is 20.9 Å². The number of carbonyl (C=O) groups excluding carboxylic acids is 4. The number of benzene rings is 2. The number of aromatic nitrogens is 1. The van der Waals surface area contributed by atoms with Crippen molar-refractivity contribution in [2.45, 2.75) is 44.4 Å².